The van der Waals surface area contributed by atoms with E-state index in [4.69, 9.17) is 4.52 Å². The van der Waals surface area contributed by atoms with E-state index in [1.54, 1.807) is 6.20 Å². The number of hydrogen-bond donors (Lipinski definition) is 1. The van der Waals surface area contributed by atoms with Crippen LogP contribution in [0.15, 0.2) is 16.8 Å². The molecule has 1 unspecified atom stereocenters. The second-order valence-electron chi connectivity index (χ2n) is 3.76. The normalized spacial score (nSPS) is 13.0. The SMILES string of the molecule is CCCCCC(C)NCc1ccno1. The molecule has 0 bridgehead atoms. The molecule has 3 nitrogen and oxygen atoms in total. The first-order valence-electron chi connectivity index (χ1n) is 5.46. The molecule has 0 spiro atoms. The quantitative estimate of drug-likeness (QED) is 0.681. The minimum Gasteiger partial charge on any atom is -0.360 e. The number of rotatable bonds is 7. The van der Waals surface area contributed by atoms with Gasteiger partial charge >= 0.3 is 0 Å². The molecule has 0 fully saturated rings. The lowest BCUT2D eigenvalue weighted by atomic mass is 10.1. The molecular formula is C11H20N2O. The Labute approximate surface area is 85.9 Å². The maximum Gasteiger partial charge on any atom is 0.150 e. The topological polar surface area (TPSA) is 38.1 Å². The predicted molar refractivity (Wildman–Crippen MR) is 56.9 cm³/mol. The summed E-state index contributed by atoms with van der Waals surface area (Å²) >= 11 is 0. The Kier molecular flexibility index (Phi) is 5.30. The average Bonchev–Trinajstić information content (AvgIpc) is 2.68. The summed E-state index contributed by atoms with van der Waals surface area (Å²) in [4.78, 5) is 0. The van der Waals surface area contributed by atoms with E-state index >= 15 is 0 Å². The van der Waals surface area contributed by atoms with Gasteiger partial charge in [0, 0.05) is 12.1 Å². The van der Waals surface area contributed by atoms with Crippen molar-refractivity contribution in [2.24, 2.45) is 0 Å². The average molecular weight is 196 g/mol. The summed E-state index contributed by atoms with van der Waals surface area (Å²) in [6.07, 6.45) is 6.84. The molecule has 1 N–H and O–H groups in total. The van der Waals surface area contributed by atoms with Gasteiger partial charge < -0.3 is 9.84 Å². The third-order valence-corrected chi connectivity index (χ3v) is 2.36. The monoisotopic (exact) mass is 196 g/mol. The molecule has 0 aliphatic carbocycles. The summed E-state index contributed by atoms with van der Waals surface area (Å²) < 4.78 is 5.00. The molecule has 0 saturated heterocycles. The minimum atomic E-state index is 0.562. The Balaban J connectivity index is 2.06. The van der Waals surface area contributed by atoms with Gasteiger partial charge in [0.25, 0.3) is 0 Å². The molecule has 1 aromatic heterocycles. The van der Waals surface area contributed by atoms with Crippen LogP contribution in [0.25, 0.3) is 0 Å². The first kappa shape index (κ1) is 11.2. The molecular weight excluding hydrogens is 176 g/mol. The molecule has 1 atom stereocenters. The van der Waals surface area contributed by atoms with Crippen LogP contribution >= 0.6 is 0 Å². The van der Waals surface area contributed by atoms with Gasteiger partial charge in [0.05, 0.1) is 12.7 Å². The van der Waals surface area contributed by atoms with Crippen LogP contribution in [0.4, 0.5) is 0 Å². The summed E-state index contributed by atoms with van der Waals surface area (Å²) in [5, 5.41) is 7.07. The highest BCUT2D eigenvalue weighted by Gasteiger charge is 2.02. The Morgan fingerprint density at radius 3 is 3.00 bits per heavy atom. The van der Waals surface area contributed by atoms with Crippen LogP contribution in [0.3, 0.4) is 0 Å². The van der Waals surface area contributed by atoms with Crippen molar-refractivity contribution < 1.29 is 4.52 Å². The molecule has 0 radical (unpaired) electrons. The van der Waals surface area contributed by atoms with E-state index in [9.17, 15) is 0 Å². The van der Waals surface area contributed by atoms with Crippen LogP contribution in [0.1, 0.15) is 45.3 Å². The lowest BCUT2D eigenvalue weighted by molar-refractivity contribution is 0.360. The number of unbranched alkanes of at least 4 members (excludes halogenated alkanes) is 2. The Morgan fingerprint density at radius 2 is 2.36 bits per heavy atom. The first-order chi connectivity index (χ1) is 6.83. The van der Waals surface area contributed by atoms with Crippen molar-refractivity contribution in [2.45, 2.75) is 52.1 Å². The molecule has 0 aliphatic rings. The molecule has 1 rings (SSSR count). The van der Waals surface area contributed by atoms with Crippen molar-refractivity contribution in [3.63, 3.8) is 0 Å². The van der Waals surface area contributed by atoms with Gasteiger partial charge in [0.2, 0.25) is 0 Å². The lowest BCUT2D eigenvalue weighted by Gasteiger charge is -2.11. The molecule has 0 saturated carbocycles. The number of nitrogens with one attached hydrogen (secondary N) is 1. The predicted octanol–water partition coefficient (Wildman–Crippen LogP) is 2.73. The van der Waals surface area contributed by atoms with Gasteiger partial charge in [-0.05, 0) is 13.3 Å². The minimum absolute atomic E-state index is 0.562. The van der Waals surface area contributed by atoms with E-state index in [-0.39, 0.29) is 0 Å². The Hall–Kier alpha value is -0.830. The van der Waals surface area contributed by atoms with Crippen LogP contribution < -0.4 is 5.32 Å². The van der Waals surface area contributed by atoms with Crippen molar-refractivity contribution in [1.29, 1.82) is 0 Å². The molecule has 0 aliphatic heterocycles. The fraction of sp³-hybridized carbons (Fsp3) is 0.727. The van der Waals surface area contributed by atoms with Crippen molar-refractivity contribution in [1.82, 2.24) is 10.5 Å². The fourth-order valence-corrected chi connectivity index (χ4v) is 1.41. The molecule has 1 heterocycles. The molecule has 80 valence electrons. The van der Waals surface area contributed by atoms with E-state index in [1.165, 1.54) is 25.7 Å². The zero-order valence-corrected chi connectivity index (χ0v) is 9.12. The molecule has 3 heteroatoms. The first-order valence-corrected chi connectivity index (χ1v) is 5.46. The van der Waals surface area contributed by atoms with Gasteiger partial charge in [-0.25, -0.2) is 0 Å². The second-order valence-corrected chi connectivity index (χ2v) is 3.76. The third-order valence-electron chi connectivity index (χ3n) is 2.36. The molecule has 0 amide bonds. The van der Waals surface area contributed by atoms with E-state index < -0.39 is 0 Å². The van der Waals surface area contributed by atoms with Crippen molar-refractivity contribution >= 4 is 0 Å². The van der Waals surface area contributed by atoms with Gasteiger partial charge in [-0.1, -0.05) is 31.3 Å². The van der Waals surface area contributed by atoms with Crippen LogP contribution in [-0.4, -0.2) is 11.2 Å². The molecule has 1 aromatic rings. The van der Waals surface area contributed by atoms with Crippen molar-refractivity contribution in [3.05, 3.63) is 18.0 Å². The van der Waals surface area contributed by atoms with E-state index in [2.05, 4.69) is 24.3 Å². The van der Waals surface area contributed by atoms with Gasteiger partial charge in [-0.3, -0.25) is 0 Å². The van der Waals surface area contributed by atoms with Gasteiger partial charge in [0.15, 0.2) is 0 Å². The standard InChI is InChI=1S/C11H20N2O/c1-3-4-5-6-10(2)12-9-11-7-8-13-14-11/h7-8,10,12H,3-6,9H2,1-2H3. The van der Waals surface area contributed by atoms with Gasteiger partial charge in [0.1, 0.15) is 5.76 Å². The summed E-state index contributed by atoms with van der Waals surface area (Å²) in [6.45, 7) is 5.23. The Bertz CT molecular complexity index is 221. The van der Waals surface area contributed by atoms with Gasteiger partial charge in [-0.15, -0.1) is 0 Å². The highest BCUT2D eigenvalue weighted by molar-refractivity contribution is 4.92. The second kappa shape index (κ2) is 6.60. The fourth-order valence-electron chi connectivity index (χ4n) is 1.41. The highest BCUT2D eigenvalue weighted by atomic mass is 16.5. The summed E-state index contributed by atoms with van der Waals surface area (Å²) in [7, 11) is 0. The highest BCUT2D eigenvalue weighted by Crippen LogP contribution is 2.04. The van der Waals surface area contributed by atoms with Crippen LogP contribution in [0.5, 0.6) is 0 Å². The lowest BCUT2D eigenvalue weighted by Crippen LogP contribution is -2.25. The zero-order chi connectivity index (χ0) is 10.2. The summed E-state index contributed by atoms with van der Waals surface area (Å²) in [6, 6.07) is 2.46. The van der Waals surface area contributed by atoms with E-state index in [0.717, 1.165) is 12.3 Å². The van der Waals surface area contributed by atoms with Crippen molar-refractivity contribution in [3.8, 4) is 0 Å². The van der Waals surface area contributed by atoms with E-state index in [1.807, 2.05) is 6.07 Å². The Morgan fingerprint density at radius 1 is 1.50 bits per heavy atom. The van der Waals surface area contributed by atoms with Crippen LogP contribution in [-0.2, 0) is 6.54 Å². The largest absolute Gasteiger partial charge is 0.360 e. The van der Waals surface area contributed by atoms with Crippen molar-refractivity contribution in [2.75, 3.05) is 0 Å². The molecule has 0 aromatic carbocycles. The van der Waals surface area contributed by atoms with Crippen LogP contribution in [0, 0.1) is 0 Å². The van der Waals surface area contributed by atoms with Gasteiger partial charge in [-0.2, -0.15) is 0 Å². The zero-order valence-electron chi connectivity index (χ0n) is 9.12. The third kappa shape index (κ3) is 4.42. The number of aromatic nitrogens is 1. The summed E-state index contributed by atoms with van der Waals surface area (Å²) in [5.41, 5.74) is 0. The number of nitrogens with zero attached hydrogens (tertiary/aromatic N) is 1. The maximum atomic E-state index is 5.00. The smallest absolute Gasteiger partial charge is 0.150 e. The molecule has 14 heavy (non-hydrogen) atoms. The maximum absolute atomic E-state index is 5.00. The number of hydrogen-bond acceptors (Lipinski definition) is 3. The van der Waals surface area contributed by atoms with Crippen LogP contribution in [0.2, 0.25) is 0 Å². The van der Waals surface area contributed by atoms with E-state index in [0.29, 0.717) is 6.04 Å². The summed E-state index contributed by atoms with van der Waals surface area (Å²) in [5.74, 6) is 0.910.